The second-order valence-corrected chi connectivity index (χ2v) is 5.90. The summed E-state index contributed by atoms with van der Waals surface area (Å²) in [7, 11) is 0. The van der Waals surface area contributed by atoms with Crippen LogP contribution in [0.5, 0.6) is 0 Å². The zero-order valence-electron chi connectivity index (χ0n) is 11.3. The van der Waals surface area contributed by atoms with Crippen molar-refractivity contribution >= 4 is 29.9 Å². The van der Waals surface area contributed by atoms with Crippen LogP contribution >= 0.6 is 24.0 Å². The van der Waals surface area contributed by atoms with Crippen LogP contribution in [0.1, 0.15) is 46.5 Å². The molecule has 6 heteroatoms. The molecule has 1 saturated carbocycles. The highest BCUT2D eigenvalue weighted by Crippen LogP contribution is 2.36. The predicted molar refractivity (Wildman–Crippen MR) is 81.7 cm³/mol. The monoisotopic (exact) mass is 375 g/mol. The molecular formula is C12H24F2IN3. The average molecular weight is 375 g/mol. The first-order valence-corrected chi connectivity index (χ1v) is 6.14. The number of rotatable bonds is 2. The lowest BCUT2D eigenvalue weighted by molar-refractivity contribution is -0.0446. The number of hydrogen-bond donors (Lipinski definition) is 2. The van der Waals surface area contributed by atoms with Crippen molar-refractivity contribution in [1.82, 2.24) is 5.32 Å². The van der Waals surface area contributed by atoms with Crippen molar-refractivity contribution in [1.29, 1.82) is 0 Å². The number of hydrogen-bond acceptors (Lipinski definition) is 1. The Morgan fingerprint density at radius 3 is 2.28 bits per heavy atom. The minimum absolute atomic E-state index is 0. The molecule has 0 heterocycles. The second-order valence-electron chi connectivity index (χ2n) is 5.90. The maximum atomic E-state index is 12.9. The lowest BCUT2D eigenvalue weighted by Gasteiger charge is -2.27. The van der Waals surface area contributed by atoms with Gasteiger partial charge in [-0.25, -0.2) is 8.78 Å². The number of halogens is 3. The van der Waals surface area contributed by atoms with Gasteiger partial charge in [0.25, 0.3) is 0 Å². The van der Waals surface area contributed by atoms with E-state index in [1.807, 2.05) is 20.8 Å². The van der Waals surface area contributed by atoms with Gasteiger partial charge in [-0.2, -0.15) is 0 Å². The summed E-state index contributed by atoms with van der Waals surface area (Å²) in [6.45, 7) is 6.54. The van der Waals surface area contributed by atoms with E-state index < -0.39 is 5.92 Å². The molecule has 0 aromatic carbocycles. The van der Waals surface area contributed by atoms with Gasteiger partial charge in [-0.05, 0) is 39.5 Å². The summed E-state index contributed by atoms with van der Waals surface area (Å²) in [5, 5.41) is 3.05. The van der Waals surface area contributed by atoms with Gasteiger partial charge in [0.15, 0.2) is 5.96 Å². The van der Waals surface area contributed by atoms with Crippen molar-refractivity contribution in [3.63, 3.8) is 0 Å². The molecule has 0 aliphatic heterocycles. The standard InChI is InChI=1S/C12H23F2N3.HI/c1-11(2,3)17-10(15)16-8-9-4-6-12(13,14)7-5-9;/h9H,4-8H2,1-3H3,(H3,15,16,17);1H. The summed E-state index contributed by atoms with van der Waals surface area (Å²) in [5.41, 5.74) is 5.60. The summed E-state index contributed by atoms with van der Waals surface area (Å²) in [5.74, 6) is -1.82. The molecule has 0 atom stereocenters. The minimum atomic E-state index is -2.46. The van der Waals surface area contributed by atoms with Gasteiger partial charge in [0, 0.05) is 24.9 Å². The van der Waals surface area contributed by atoms with Crippen molar-refractivity contribution in [2.45, 2.75) is 57.9 Å². The summed E-state index contributed by atoms with van der Waals surface area (Å²) in [6.07, 6.45) is 1.05. The topological polar surface area (TPSA) is 50.4 Å². The Morgan fingerprint density at radius 1 is 1.33 bits per heavy atom. The van der Waals surface area contributed by atoms with E-state index in [-0.39, 0.29) is 48.3 Å². The van der Waals surface area contributed by atoms with Crippen LogP contribution in [0, 0.1) is 5.92 Å². The summed E-state index contributed by atoms with van der Waals surface area (Å²) >= 11 is 0. The number of nitrogens with one attached hydrogen (secondary N) is 1. The Hall–Kier alpha value is -0.140. The molecule has 0 amide bonds. The van der Waals surface area contributed by atoms with Crippen LogP contribution in [-0.4, -0.2) is 24.0 Å². The largest absolute Gasteiger partial charge is 0.370 e. The maximum absolute atomic E-state index is 12.9. The molecule has 0 unspecified atom stereocenters. The molecule has 0 spiro atoms. The second kappa shape index (κ2) is 6.86. The Kier molecular flexibility index (Phi) is 6.81. The number of guanidine groups is 1. The minimum Gasteiger partial charge on any atom is -0.370 e. The van der Waals surface area contributed by atoms with Crippen molar-refractivity contribution in [2.24, 2.45) is 16.6 Å². The van der Waals surface area contributed by atoms with Gasteiger partial charge < -0.3 is 11.1 Å². The SMILES string of the molecule is CC(C)(C)NC(N)=NCC1CCC(F)(F)CC1.I. The molecule has 3 N–H and O–H groups in total. The summed E-state index contributed by atoms with van der Waals surface area (Å²) < 4.78 is 25.9. The van der Waals surface area contributed by atoms with Crippen LogP contribution in [0.3, 0.4) is 0 Å². The number of aliphatic imine (C=N–C) groups is 1. The van der Waals surface area contributed by atoms with Gasteiger partial charge in [0.1, 0.15) is 0 Å². The lowest BCUT2D eigenvalue weighted by Crippen LogP contribution is -2.45. The molecule has 18 heavy (non-hydrogen) atoms. The van der Waals surface area contributed by atoms with Crippen LogP contribution in [0.4, 0.5) is 8.78 Å². The van der Waals surface area contributed by atoms with Crippen LogP contribution in [0.25, 0.3) is 0 Å². The Morgan fingerprint density at radius 2 is 1.83 bits per heavy atom. The molecule has 1 fully saturated rings. The van der Waals surface area contributed by atoms with Crippen molar-refractivity contribution in [3.05, 3.63) is 0 Å². The fraction of sp³-hybridized carbons (Fsp3) is 0.917. The molecule has 108 valence electrons. The third kappa shape index (κ3) is 7.33. The Balaban J connectivity index is 0.00000289. The predicted octanol–water partition coefficient (Wildman–Crippen LogP) is 3.13. The molecule has 0 aromatic rings. The molecule has 0 saturated heterocycles. The van der Waals surface area contributed by atoms with Crippen molar-refractivity contribution < 1.29 is 8.78 Å². The van der Waals surface area contributed by atoms with E-state index in [1.54, 1.807) is 0 Å². The molecule has 1 rings (SSSR count). The van der Waals surface area contributed by atoms with Gasteiger partial charge in [0.05, 0.1) is 0 Å². The molecule has 1 aliphatic carbocycles. The van der Waals surface area contributed by atoms with E-state index in [4.69, 9.17) is 5.73 Å². The van der Waals surface area contributed by atoms with E-state index in [1.165, 1.54) is 0 Å². The highest BCUT2D eigenvalue weighted by molar-refractivity contribution is 14.0. The maximum Gasteiger partial charge on any atom is 0.248 e. The van der Waals surface area contributed by atoms with E-state index in [9.17, 15) is 8.78 Å². The summed E-state index contributed by atoms with van der Waals surface area (Å²) in [6, 6.07) is 0. The molecule has 0 bridgehead atoms. The zero-order valence-corrected chi connectivity index (χ0v) is 13.6. The Bertz CT molecular complexity index is 278. The van der Waals surface area contributed by atoms with E-state index in [0.29, 0.717) is 25.3 Å². The Labute approximate surface area is 125 Å². The van der Waals surface area contributed by atoms with Gasteiger partial charge in [-0.3, -0.25) is 4.99 Å². The first-order valence-electron chi connectivity index (χ1n) is 6.14. The highest BCUT2D eigenvalue weighted by Gasteiger charge is 2.34. The third-order valence-electron chi connectivity index (χ3n) is 2.86. The van der Waals surface area contributed by atoms with Crippen LogP contribution in [-0.2, 0) is 0 Å². The summed E-state index contributed by atoms with van der Waals surface area (Å²) in [4.78, 5) is 4.22. The van der Waals surface area contributed by atoms with Gasteiger partial charge in [-0.1, -0.05) is 0 Å². The smallest absolute Gasteiger partial charge is 0.248 e. The van der Waals surface area contributed by atoms with E-state index in [0.717, 1.165) is 0 Å². The highest BCUT2D eigenvalue weighted by atomic mass is 127. The fourth-order valence-electron chi connectivity index (χ4n) is 1.93. The first kappa shape index (κ1) is 17.9. The third-order valence-corrected chi connectivity index (χ3v) is 2.86. The van der Waals surface area contributed by atoms with E-state index >= 15 is 0 Å². The van der Waals surface area contributed by atoms with E-state index in [2.05, 4.69) is 10.3 Å². The van der Waals surface area contributed by atoms with Crippen molar-refractivity contribution in [2.75, 3.05) is 6.54 Å². The van der Waals surface area contributed by atoms with Gasteiger partial charge >= 0.3 is 0 Å². The number of nitrogens with zero attached hydrogens (tertiary/aromatic N) is 1. The van der Waals surface area contributed by atoms with Crippen LogP contribution in [0.2, 0.25) is 0 Å². The zero-order chi connectivity index (χ0) is 13.1. The van der Waals surface area contributed by atoms with Crippen molar-refractivity contribution in [3.8, 4) is 0 Å². The lowest BCUT2D eigenvalue weighted by atomic mass is 9.87. The molecule has 3 nitrogen and oxygen atoms in total. The number of alkyl halides is 2. The normalized spacial score (nSPS) is 21.3. The molecule has 0 aromatic heterocycles. The van der Waals surface area contributed by atoms with Crippen LogP contribution in [0.15, 0.2) is 4.99 Å². The quantitative estimate of drug-likeness (QED) is 0.443. The van der Waals surface area contributed by atoms with Crippen LogP contribution < -0.4 is 11.1 Å². The molecule has 1 aliphatic rings. The first-order chi connectivity index (χ1) is 7.68. The molecular weight excluding hydrogens is 351 g/mol. The fourth-order valence-corrected chi connectivity index (χ4v) is 1.93. The number of nitrogens with two attached hydrogens (primary N) is 1. The molecule has 0 radical (unpaired) electrons. The average Bonchev–Trinajstić information content (AvgIpc) is 2.13. The van der Waals surface area contributed by atoms with Gasteiger partial charge in [0.2, 0.25) is 5.92 Å². The van der Waals surface area contributed by atoms with Gasteiger partial charge in [-0.15, -0.1) is 24.0 Å².